The third-order valence-electron chi connectivity index (χ3n) is 8.99. The average Bonchev–Trinajstić information content (AvgIpc) is 3.65. The fourth-order valence-corrected chi connectivity index (χ4v) is 6.79. The average molecular weight is 607 g/mol. The Kier molecular flexibility index (Phi) is 7.87. The molecule has 3 heterocycles. The van der Waals surface area contributed by atoms with E-state index in [1.54, 1.807) is 6.20 Å². The quantitative estimate of drug-likeness (QED) is 0.182. The topological polar surface area (TPSA) is 69.5 Å². The molecule has 4 N–H and O–H groups in total. The van der Waals surface area contributed by atoms with Crippen molar-refractivity contribution in [2.45, 2.75) is 51.4 Å². The number of benzene rings is 3. The summed E-state index contributed by atoms with van der Waals surface area (Å²) in [6.07, 6.45) is 18.5. The maximum absolute atomic E-state index is 5.60. The highest BCUT2D eigenvalue weighted by Gasteiger charge is 2.35. The molecule has 0 spiro atoms. The zero-order chi connectivity index (χ0) is 31.7. The van der Waals surface area contributed by atoms with Crippen molar-refractivity contribution in [2.75, 3.05) is 27.0 Å². The van der Waals surface area contributed by atoms with Gasteiger partial charge in [-0.15, -0.1) is 0 Å². The fraction of sp³-hybridized carbons (Fsp3) is 0.225. The number of rotatable bonds is 7. The van der Waals surface area contributed by atoms with Crippen molar-refractivity contribution >= 4 is 28.6 Å². The highest BCUT2D eigenvalue weighted by atomic mass is 15.4. The van der Waals surface area contributed by atoms with Crippen LogP contribution in [0.25, 0.3) is 11.1 Å². The minimum Gasteiger partial charge on any atom is -0.405 e. The first-order valence-electron chi connectivity index (χ1n) is 16.2. The Balaban J connectivity index is 1.31. The fourth-order valence-electron chi connectivity index (χ4n) is 6.79. The number of allylic oxidation sites excluding steroid dienone is 4. The molecule has 0 fully saturated rings. The van der Waals surface area contributed by atoms with E-state index in [9.17, 15) is 0 Å². The number of hydrogen-bond donors (Lipinski definition) is 3. The molecule has 232 valence electrons. The summed E-state index contributed by atoms with van der Waals surface area (Å²) >= 11 is 0. The second-order valence-electron chi connectivity index (χ2n) is 13.1. The summed E-state index contributed by atoms with van der Waals surface area (Å²) in [4.78, 5) is 9.51. The van der Waals surface area contributed by atoms with Gasteiger partial charge < -0.3 is 21.3 Å². The van der Waals surface area contributed by atoms with Crippen LogP contribution in [0.3, 0.4) is 0 Å². The van der Waals surface area contributed by atoms with E-state index in [1.165, 1.54) is 33.5 Å². The molecule has 2 aliphatic heterocycles. The van der Waals surface area contributed by atoms with Crippen LogP contribution < -0.4 is 26.2 Å². The number of nitrogens with two attached hydrogens (primary N) is 1. The molecule has 1 aromatic heterocycles. The van der Waals surface area contributed by atoms with Crippen molar-refractivity contribution in [1.82, 2.24) is 4.98 Å². The van der Waals surface area contributed by atoms with Crippen molar-refractivity contribution in [3.05, 3.63) is 144 Å². The van der Waals surface area contributed by atoms with Gasteiger partial charge in [-0.2, -0.15) is 0 Å². The lowest BCUT2D eigenvalue weighted by atomic mass is 9.81. The van der Waals surface area contributed by atoms with Crippen molar-refractivity contribution in [1.29, 1.82) is 0 Å². The van der Waals surface area contributed by atoms with Gasteiger partial charge in [-0.3, -0.25) is 4.90 Å². The number of nitrogens with zero attached hydrogens (tertiary/aromatic N) is 3. The maximum Gasteiger partial charge on any atom is 0.134 e. The molecule has 0 bridgehead atoms. The zero-order valence-electron chi connectivity index (χ0n) is 26.8. The molecule has 7 rings (SSSR count). The molecule has 3 aromatic carbocycles. The third-order valence-corrected chi connectivity index (χ3v) is 8.99. The lowest BCUT2D eigenvalue weighted by Crippen LogP contribution is -2.34. The third kappa shape index (κ3) is 5.56. The number of anilines is 5. The summed E-state index contributed by atoms with van der Waals surface area (Å²) in [5, 5.41) is 7.73. The Hall–Kier alpha value is -5.23. The highest BCUT2D eigenvalue weighted by Crippen LogP contribution is 2.49. The monoisotopic (exact) mass is 606 g/mol. The van der Waals surface area contributed by atoms with Crippen LogP contribution in [0.2, 0.25) is 0 Å². The molecule has 3 aliphatic rings. The molecule has 2 unspecified atom stereocenters. The van der Waals surface area contributed by atoms with E-state index >= 15 is 0 Å². The highest BCUT2D eigenvalue weighted by molar-refractivity contribution is 5.90. The SMILES string of the molecule is CC(C)(C)c1cc2c(cc1-c1ccc3c(c1)NC(C1=CCCC=C1)N3c1ccccn1)NC(c1ccccc1)N2C/C=C\C=C/N. The predicted octanol–water partition coefficient (Wildman–Crippen LogP) is 9.17. The summed E-state index contributed by atoms with van der Waals surface area (Å²) < 4.78 is 0. The van der Waals surface area contributed by atoms with Gasteiger partial charge in [0.15, 0.2) is 0 Å². The summed E-state index contributed by atoms with van der Waals surface area (Å²) in [5.41, 5.74) is 16.4. The Morgan fingerprint density at radius 2 is 1.67 bits per heavy atom. The standard InChI is InChI=1S/C40H42N6/c1-40(2,3)32-27-36-34(43-38(28-15-7-4-8-16-28)45(36)24-14-6-12-22-41)26-31(32)30-20-21-35-33(25-30)44-39(29-17-9-5-10-18-29)46(35)37-19-11-13-23-42-37/h4,6-9,11-23,25-27,38-39,43-44H,5,10,24,41H2,1-3H3/b14-6-,22-12-. The van der Waals surface area contributed by atoms with Gasteiger partial charge in [0.05, 0.1) is 22.7 Å². The maximum atomic E-state index is 5.60. The molecule has 0 saturated heterocycles. The molecule has 6 heteroatoms. The van der Waals surface area contributed by atoms with Gasteiger partial charge in [-0.05, 0) is 94.8 Å². The van der Waals surface area contributed by atoms with Gasteiger partial charge in [0.2, 0.25) is 0 Å². The number of hydrogen-bond acceptors (Lipinski definition) is 6. The van der Waals surface area contributed by atoms with Gasteiger partial charge >= 0.3 is 0 Å². The van der Waals surface area contributed by atoms with Gasteiger partial charge in [0, 0.05) is 12.7 Å². The van der Waals surface area contributed by atoms with Crippen molar-refractivity contribution in [3.63, 3.8) is 0 Å². The lowest BCUT2D eigenvalue weighted by molar-refractivity contribution is 0.592. The zero-order valence-corrected chi connectivity index (χ0v) is 26.8. The van der Waals surface area contributed by atoms with Gasteiger partial charge in [0.1, 0.15) is 18.1 Å². The van der Waals surface area contributed by atoms with Gasteiger partial charge in [0.25, 0.3) is 0 Å². The Labute approximate surface area is 272 Å². The van der Waals surface area contributed by atoms with E-state index in [-0.39, 0.29) is 17.7 Å². The van der Waals surface area contributed by atoms with Crippen LogP contribution in [-0.2, 0) is 5.41 Å². The van der Waals surface area contributed by atoms with Crippen LogP contribution in [0.1, 0.15) is 50.9 Å². The first-order chi connectivity index (χ1) is 22.4. The Morgan fingerprint density at radius 1 is 0.870 bits per heavy atom. The molecule has 1 aliphatic carbocycles. The van der Waals surface area contributed by atoms with E-state index in [0.717, 1.165) is 42.3 Å². The van der Waals surface area contributed by atoms with E-state index in [1.807, 2.05) is 24.4 Å². The smallest absolute Gasteiger partial charge is 0.134 e. The van der Waals surface area contributed by atoms with Gasteiger partial charge in [-0.25, -0.2) is 4.98 Å². The van der Waals surface area contributed by atoms with Crippen LogP contribution in [0.15, 0.2) is 133 Å². The minimum absolute atomic E-state index is 0.0113. The van der Waals surface area contributed by atoms with E-state index in [4.69, 9.17) is 10.7 Å². The summed E-state index contributed by atoms with van der Waals surface area (Å²) in [5.74, 6) is 0.937. The van der Waals surface area contributed by atoms with Crippen molar-refractivity contribution in [3.8, 4) is 11.1 Å². The first kappa shape index (κ1) is 29.5. The number of nitrogens with one attached hydrogen (secondary N) is 2. The minimum atomic E-state index is -0.0777. The molecule has 0 saturated carbocycles. The molecule has 6 nitrogen and oxygen atoms in total. The Bertz CT molecular complexity index is 1830. The van der Waals surface area contributed by atoms with Crippen LogP contribution >= 0.6 is 0 Å². The van der Waals surface area contributed by atoms with Gasteiger partial charge in [-0.1, -0.05) is 93.6 Å². The molecular formula is C40H42N6. The van der Waals surface area contributed by atoms with Crippen LogP contribution in [0.5, 0.6) is 0 Å². The van der Waals surface area contributed by atoms with Crippen molar-refractivity contribution < 1.29 is 0 Å². The molecule has 46 heavy (non-hydrogen) atoms. The summed E-state index contributed by atoms with van der Waals surface area (Å²) in [6.45, 7) is 7.67. The number of aromatic nitrogens is 1. The second-order valence-corrected chi connectivity index (χ2v) is 13.1. The predicted molar refractivity (Wildman–Crippen MR) is 193 cm³/mol. The number of fused-ring (bicyclic) bond motifs is 2. The largest absolute Gasteiger partial charge is 0.405 e. The lowest BCUT2D eigenvalue weighted by Gasteiger charge is -2.28. The van der Waals surface area contributed by atoms with Crippen LogP contribution in [0.4, 0.5) is 28.6 Å². The normalized spacial score (nSPS) is 18.9. The second kappa shape index (κ2) is 12.3. The molecule has 0 amide bonds. The van der Waals surface area contributed by atoms with E-state index in [0.29, 0.717) is 0 Å². The van der Waals surface area contributed by atoms with Crippen LogP contribution in [0, 0.1) is 0 Å². The number of pyridine rings is 1. The first-order valence-corrected chi connectivity index (χ1v) is 16.2. The Morgan fingerprint density at radius 3 is 2.41 bits per heavy atom. The summed E-state index contributed by atoms with van der Waals surface area (Å²) in [6, 6.07) is 28.4. The van der Waals surface area contributed by atoms with E-state index < -0.39 is 0 Å². The van der Waals surface area contributed by atoms with Crippen molar-refractivity contribution in [2.24, 2.45) is 5.73 Å². The van der Waals surface area contributed by atoms with Crippen LogP contribution in [-0.4, -0.2) is 17.7 Å². The molecule has 2 atom stereocenters. The molecular weight excluding hydrogens is 564 g/mol. The summed E-state index contributed by atoms with van der Waals surface area (Å²) in [7, 11) is 0. The molecule has 4 aromatic rings. The molecule has 0 radical (unpaired) electrons. The van der Waals surface area contributed by atoms with E-state index in [2.05, 4.69) is 138 Å².